The van der Waals surface area contributed by atoms with E-state index in [1.807, 2.05) is 20.2 Å². The second-order valence-corrected chi connectivity index (χ2v) is 4.27. The van der Waals surface area contributed by atoms with Crippen LogP contribution in [0.25, 0.3) is 11.1 Å². The van der Waals surface area contributed by atoms with E-state index in [9.17, 15) is 4.79 Å². The molecule has 0 aliphatic rings. The standard InChI is InChI=1S/C12H11ClN2O2/c1-7-11(6-15(2)14-7)8-3-9(12(16)17)5-10(13)4-8/h3-6H,1-2H3,(H,16,17). The molecule has 0 unspecified atom stereocenters. The quantitative estimate of drug-likeness (QED) is 0.892. The number of aromatic nitrogens is 2. The molecule has 0 saturated heterocycles. The molecule has 5 heteroatoms. The summed E-state index contributed by atoms with van der Waals surface area (Å²) in [5.41, 5.74) is 2.67. The minimum atomic E-state index is -0.990. The van der Waals surface area contributed by atoms with E-state index in [1.165, 1.54) is 6.07 Å². The van der Waals surface area contributed by atoms with E-state index in [1.54, 1.807) is 16.8 Å². The zero-order valence-electron chi connectivity index (χ0n) is 9.44. The molecule has 1 aromatic carbocycles. The molecule has 0 fully saturated rings. The van der Waals surface area contributed by atoms with Crippen LogP contribution in [0.1, 0.15) is 16.1 Å². The normalized spacial score (nSPS) is 10.5. The van der Waals surface area contributed by atoms with Gasteiger partial charge in [0.05, 0.1) is 11.3 Å². The van der Waals surface area contributed by atoms with E-state index in [0.717, 1.165) is 16.8 Å². The Kier molecular flexibility index (Phi) is 2.90. The number of aryl methyl sites for hydroxylation is 2. The van der Waals surface area contributed by atoms with Crippen LogP contribution in [0, 0.1) is 6.92 Å². The van der Waals surface area contributed by atoms with Crippen molar-refractivity contribution in [2.45, 2.75) is 6.92 Å². The third-order valence-corrected chi connectivity index (χ3v) is 2.69. The van der Waals surface area contributed by atoms with Crippen molar-refractivity contribution in [3.8, 4) is 11.1 Å². The maximum absolute atomic E-state index is 10.9. The Morgan fingerprint density at radius 2 is 2.12 bits per heavy atom. The Hall–Kier alpha value is -1.81. The Morgan fingerprint density at radius 3 is 2.65 bits per heavy atom. The molecule has 1 aromatic heterocycles. The van der Waals surface area contributed by atoms with Gasteiger partial charge in [0.15, 0.2) is 0 Å². The summed E-state index contributed by atoms with van der Waals surface area (Å²) >= 11 is 5.91. The highest BCUT2D eigenvalue weighted by molar-refractivity contribution is 6.31. The van der Waals surface area contributed by atoms with E-state index in [0.29, 0.717) is 5.02 Å². The van der Waals surface area contributed by atoms with Gasteiger partial charge < -0.3 is 5.11 Å². The maximum Gasteiger partial charge on any atom is 0.335 e. The zero-order valence-corrected chi connectivity index (χ0v) is 10.2. The molecule has 0 aliphatic heterocycles. The number of carboxylic acids is 1. The van der Waals surface area contributed by atoms with Gasteiger partial charge >= 0.3 is 5.97 Å². The lowest BCUT2D eigenvalue weighted by Gasteiger charge is -2.02. The third kappa shape index (κ3) is 2.31. The van der Waals surface area contributed by atoms with Gasteiger partial charge in [-0.1, -0.05) is 11.6 Å². The average Bonchev–Trinajstić information content (AvgIpc) is 2.57. The predicted octanol–water partition coefficient (Wildman–Crippen LogP) is 2.75. The summed E-state index contributed by atoms with van der Waals surface area (Å²) in [7, 11) is 1.82. The first-order valence-electron chi connectivity index (χ1n) is 5.02. The fraction of sp³-hybridized carbons (Fsp3) is 0.167. The highest BCUT2D eigenvalue weighted by Crippen LogP contribution is 2.26. The summed E-state index contributed by atoms with van der Waals surface area (Å²) in [5, 5.41) is 13.6. The van der Waals surface area contributed by atoms with Crippen molar-refractivity contribution >= 4 is 17.6 Å². The molecule has 2 rings (SSSR count). The number of hydrogen-bond donors (Lipinski definition) is 1. The Labute approximate surface area is 103 Å². The van der Waals surface area contributed by atoms with E-state index in [4.69, 9.17) is 16.7 Å². The van der Waals surface area contributed by atoms with Crippen LogP contribution in [0.3, 0.4) is 0 Å². The van der Waals surface area contributed by atoms with Gasteiger partial charge in [0, 0.05) is 23.8 Å². The molecule has 1 heterocycles. The third-order valence-electron chi connectivity index (χ3n) is 2.47. The van der Waals surface area contributed by atoms with Crippen LogP contribution in [0.5, 0.6) is 0 Å². The number of hydrogen-bond acceptors (Lipinski definition) is 2. The van der Waals surface area contributed by atoms with Crippen LogP contribution in [-0.2, 0) is 7.05 Å². The number of rotatable bonds is 2. The Morgan fingerprint density at radius 1 is 1.41 bits per heavy atom. The molecule has 17 heavy (non-hydrogen) atoms. The lowest BCUT2D eigenvalue weighted by molar-refractivity contribution is 0.0697. The van der Waals surface area contributed by atoms with Gasteiger partial charge in [0.25, 0.3) is 0 Å². The van der Waals surface area contributed by atoms with Gasteiger partial charge in [0.2, 0.25) is 0 Å². The summed E-state index contributed by atoms with van der Waals surface area (Å²) in [6.07, 6.45) is 1.84. The topological polar surface area (TPSA) is 55.1 Å². The van der Waals surface area contributed by atoms with Gasteiger partial charge in [-0.3, -0.25) is 4.68 Å². The van der Waals surface area contributed by atoms with Crippen molar-refractivity contribution in [1.82, 2.24) is 9.78 Å². The molecule has 0 saturated carbocycles. The van der Waals surface area contributed by atoms with E-state index in [-0.39, 0.29) is 5.56 Å². The SMILES string of the molecule is Cc1nn(C)cc1-c1cc(Cl)cc(C(=O)O)c1. The molecule has 0 amide bonds. The predicted molar refractivity (Wildman–Crippen MR) is 65.4 cm³/mol. The van der Waals surface area contributed by atoms with Crippen molar-refractivity contribution < 1.29 is 9.90 Å². The minimum Gasteiger partial charge on any atom is -0.478 e. The van der Waals surface area contributed by atoms with Crippen molar-refractivity contribution in [2.24, 2.45) is 7.05 Å². The summed E-state index contributed by atoms with van der Waals surface area (Å²) < 4.78 is 1.69. The van der Waals surface area contributed by atoms with Gasteiger partial charge in [-0.05, 0) is 30.7 Å². The largest absolute Gasteiger partial charge is 0.478 e. The number of halogens is 1. The molecule has 88 valence electrons. The molecule has 0 radical (unpaired) electrons. The molecular formula is C12H11ClN2O2. The van der Waals surface area contributed by atoms with E-state index in [2.05, 4.69) is 5.10 Å². The smallest absolute Gasteiger partial charge is 0.335 e. The number of aromatic carboxylic acids is 1. The lowest BCUT2D eigenvalue weighted by atomic mass is 10.0. The van der Waals surface area contributed by atoms with Crippen LogP contribution >= 0.6 is 11.6 Å². The van der Waals surface area contributed by atoms with Gasteiger partial charge in [-0.2, -0.15) is 5.10 Å². The van der Waals surface area contributed by atoms with Crippen molar-refractivity contribution in [3.05, 3.63) is 40.7 Å². The van der Waals surface area contributed by atoms with Crippen LogP contribution in [-0.4, -0.2) is 20.9 Å². The van der Waals surface area contributed by atoms with Gasteiger partial charge in [-0.25, -0.2) is 4.79 Å². The highest BCUT2D eigenvalue weighted by Gasteiger charge is 2.11. The van der Waals surface area contributed by atoms with Crippen LogP contribution in [0.4, 0.5) is 0 Å². The summed E-state index contributed by atoms with van der Waals surface area (Å²) in [4.78, 5) is 10.9. The molecule has 1 N–H and O–H groups in total. The molecule has 0 aliphatic carbocycles. The van der Waals surface area contributed by atoms with Crippen LogP contribution < -0.4 is 0 Å². The maximum atomic E-state index is 10.9. The van der Waals surface area contributed by atoms with Crippen molar-refractivity contribution in [1.29, 1.82) is 0 Å². The van der Waals surface area contributed by atoms with Crippen LogP contribution in [0.2, 0.25) is 5.02 Å². The van der Waals surface area contributed by atoms with E-state index < -0.39 is 5.97 Å². The first-order chi connectivity index (χ1) is 7.97. The minimum absolute atomic E-state index is 0.177. The first-order valence-corrected chi connectivity index (χ1v) is 5.39. The fourth-order valence-corrected chi connectivity index (χ4v) is 1.99. The van der Waals surface area contributed by atoms with Crippen molar-refractivity contribution in [3.63, 3.8) is 0 Å². The Bertz CT molecular complexity index is 590. The second kappa shape index (κ2) is 4.22. The molecule has 2 aromatic rings. The number of benzene rings is 1. The van der Waals surface area contributed by atoms with Gasteiger partial charge in [-0.15, -0.1) is 0 Å². The average molecular weight is 251 g/mol. The molecule has 0 bridgehead atoms. The second-order valence-electron chi connectivity index (χ2n) is 3.84. The first kappa shape index (κ1) is 11.7. The lowest BCUT2D eigenvalue weighted by Crippen LogP contribution is -1.96. The monoisotopic (exact) mass is 250 g/mol. The molecule has 0 spiro atoms. The number of carboxylic acid groups (broad SMARTS) is 1. The highest BCUT2D eigenvalue weighted by atomic mass is 35.5. The number of carbonyl (C=O) groups is 1. The summed E-state index contributed by atoms with van der Waals surface area (Å²) in [6.45, 7) is 1.87. The van der Waals surface area contributed by atoms with Gasteiger partial charge in [0.1, 0.15) is 0 Å². The van der Waals surface area contributed by atoms with Crippen LogP contribution in [0.15, 0.2) is 24.4 Å². The van der Waals surface area contributed by atoms with Crippen molar-refractivity contribution in [2.75, 3.05) is 0 Å². The number of nitrogens with zero attached hydrogens (tertiary/aromatic N) is 2. The summed E-state index contributed by atoms with van der Waals surface area (Å²) in [6, 6.07) is 4.76. The summed E-state index contributed by atoms with van der Waals surface area (Å²) in [5.74, 6) is -0.990. The molecule has 0 atom stereocenters. The molecular weight excluding hydrogens is 240 g/mol. The fourth-order valence-electron chi connectivity index (χ4n) is 1.75. The molecule has 4 nitrogen and oxygen atoms in total. The zero-order chi connectivity index (χ0) is 12.6. The Balaban J connectivity index is 2.59. The van der Waals surface area contributed by atoms with E-state index >= 15 is 0 Å².